The van der Waals surface area contributed by atoms with E-state index >= 15 is 0 Å². The monoisotopic (exact) mass is 269 g/mol. The van der Waals surface area contributed by atoms with E-state index in [0.29, 0.717) is 4.75 Å². The Bertz CT molecular complexity index is 247. The first-order chi connectivity index (χ1) is 8.71. The summed E-state index contributed by atoms with van der Waals surface area (Å²) in [6, 6.07) is 0.750. The topological polar surface area (TPSA) is 12.0 Å². The summed E-state index contributed by atoms with van der Waals surface area (Å²) in [5.41, 5.74) is 0. The summed E-state index contributed by atoms with van der Waals surface area (Å²) in [6.45, 7) is 8.34. The number of hydrogen-bond donors (Lipinski definition) is 1. The fraction of sp³-hybridized carbons (Fsp3) is 1.00. The molecule has 0 spiro atoms. The third-order valence-corrected chi connectivity index (χ3v) is 6.86. The predicted octanol–water partition coefficient (Wildman–Crippen LogP) is 4.47. The van der Waals surface area contributed by atoms with Crippen LogP contribution in [0.5, 0.6) is 0 Å². The zero-order valence-corrected chi connectivity index (χ0v) is 13.3. The molecular weight excluding hydrogens is 238 g/mol. The van der Waals surface area contributed by atoms with Gasteiger partial charge in [-0.15, -0.1) is 0 Å². The molecule has 2 heteroatoms. The zero-order valence-electron chi connectivity index (χ0n) is 12.5. The van der Waals surface area contributed by atoms with Crippen molar-refractivity contribution in [2.75, 3.05) is 12.3 Å². The largest absolute Gasteiger partial charge is 0.313 e. The normalized spacial score (nSPS) is 38.8. The maximum atomic E-state index is 3.88. The van der Waals surface area contributed by atoms with Crippen LogP contribution >= 0.6 is 11.8 Å². The maximum absolute atomic E-state index is 3.88. The van der Waals surface area contributed by atoms with E-state index in [1.807, 2.05) is 0 Å². The first-order valence-corrected chi connectivity index (χ1v) is 9.07. The average Bonchev–Trinajstić information content (AvgIpc) is 2.84. The minimum Gasteiger partial charge on any atom is -0.313 e. The van der Waals surface area contributed by atoms with Crippen LogP contribution in [0.25, 0.3) is 0 Å². The molecule has 0 amide bonds. The van der Waals surface area contributed by atoms with Crippen LogP contribution in [0.4, 0.5) is 0 Å². The lowest BCUT2D eigenvalue weighted by Crippen LogP contribution is -2.52. The Labute approximate surface area is 118 Å². The third kappa shape index (κ3) is 3.07. The van der Waals surface area contributed by atoms with E-state index in [9.17, 15) is 0 Å². The van der Waals surface area contributed by atoms with Crippen molar-refractivity contribution in [2.24, 2.45) is 11.8 Å². The summed E-state index contributed by atoms with van der Waals surface area (Å²) >= 11 is 2.24. The van der Waals surface area contributed by atoms with E-state index < -0.39 is 0 Å². The summed E-state index contributed by atoms with van der Waals surface area (Å²) in [5, 5.41) is 3.88. The van der Waals surface area contributed by atoms with Crippen LogP contribution in [0.15, 0.2) is 0 Å². The van der Waals surface area contributed by atoms with Gasteiger partial charge in [-0.2, -0.15) is 11.8 Å². The fourth-order valence-corrected chi connectivity index (χ4v) is 5.75. The van der Waals surface area contributed by atoms with Gasteiger partial charge in [0.2, 0.25) is 0 Å². The maximum Gasteiger partial charge on any atom is 0.0288 e. The summed E-state index contributed by atoms with van der Waals surface area (Å²) in [6.07, 6.45) is 10.1. The number of nitrogens with one attached hydrogen (secondary N) is 1. The van der Waals surface area contributed by atoms with Gasteiger partial charge in [0, 0.05) is 10.8 Å². The first-order valence-electron chi connectivity index (χ1n) is 8.08. The highest BCUT2D eigenvalue weighted by molar-refractivity contribution is 8.00. The van der Waals surface area contributed by atoms with E-state index in [2.05, 4.69) is 37.8 Å². The van der Waals surface area contributed by atoms with Gasteiger partial charge < -0.3 is 5.32 Å². The Morgan fingerprint density at radius 3 is 2.61 bits per heavy atom. The lowest BCUT2D eigenvalue weighted by molar-refractivity contribution is 0.153. The molecule has 0 aromatic heterocycles. The molecule has 2 rings (SSSR count). The van der Waals surface area contributed by atoms with Crippen LogP contribution in [-0.4, -0.2) is 23.1 Å². The first kappa shape index (κ1) is 14.7. The van der Waals surface area contributed by atoms with Gasteiger partial charge in [0.25, 0.3) is 0 Å². The minimum atomic E-state index is 0.505. The van der Waals surface area contributed by atoms with E-state index in [1.165, 1.54) is 50.7 Å². The highest BCUT2D eigenvalue weighted by Gasteiger charge is 2.43. The van der Waals surface area contributed by atoms with Gasteiger partial charge in [-0.3, -0.25) is 0 Å². The van der Waals surface area contributed by atoms with Crippen molar-refractivity contribution in [3.05, 3.63) is 0 Å². The minimum absolute atomic E-state index is 0.505. The van der Waals surface area contributed by atoms with Crippen LogP contribution in [-0.2, 0) is 0 Å². The molecule has 1 aliphatic heterocycles. The van der Waals surface area contributed by atoms with Crippen LogP contribution < -0.4 is 5.32 Å². The van der Waals surface area contributed by atoms with Crippen molar-refractivity contribution < 1.29 is 0 Å². The van der Waals surface area contributed by atoms with Crippen LogP contribution in [0, 0.1) is 11.8 Å². The van der Waals surface area contributed by atoms with Gasteiger partial charge in [-0.25, -0.2) is 0 Å². The Kier molecular flexibility index (Phi) is 5.44. The number of hydrogen-bond acceptors (Lipinski definition) is 2. The lowest BCUT2D eigenvalue weighted by Gasteiger charge is -2.44. The Balaban J connectivity index is 2.12. The molecule has 0 aromatic carbocycles. The SMILES string of the molecule is CCNC(C1CCCCC1CC)C1(C)CCCS1. The van der Waals surface area contributed by atoms with Gasteiger partial charge in [0.15, 0.2) is 0 Å². The summed E-state index contributed by atoms with van der Waals surface area (Å²) in [7, 11) is 0. The molecule has 1 N–H and O–H groups in total. The standard InChI is InChI=1S/C16H31NS/c1-4-13-9-6-7-10-14(13)15(17-5-2)16(3)11-8-12-18-16/h13-15,17H,4-12H2,1-3H3. The van der Waals surface area contributed by atoms with E-state index in [1.54, 1.807) is 0 Å². The van der Waals surface area contributed by atoms with Crippen molar-refractivity contribution in [1.29, 1.82) is 0 Å². The van der Waals surface area contributed by atoms with Gasteiger partial charge in [0.1, 0.15) is 0 Å². The van der Waals surface area contributed by atoms with Gasteiger partial charge in [0.05, 0.1) is 0 Å². The molecule has 106 valence electrons. The van der Waals surface area contributed by atoms with Crippen molar-refractivity contribution in [3.63, 3.8) is 0 Å². The Morgan fingerprint density at radius 1 is 1.22 bits per heavy atom. The highest BCUT2D eigenvalue weighted by Crippen LogP contribution is 2.47. The molecule has 18 heavy (non-hydrogen) atoms. The Hall–Kier alpha value is 0.310. The van der Waals surface area contributed by atoms with Gasteiger partial charge >= 0.3 is 0 Å². The molecule has 1 saturated heterocycles. The molecule has 4 atom stereocenters. The number of rotatable bonds is 5. The van der Waals surface area contributed by atoms with Crippen molar-refractivity contribution >= 4 is 11.8 Å². The van der Waals surface area contributed by atoms with E-state index in [4.69, 9.17) is 0 Å². The molecular formula is C16H31NS. The summed E-state index contributed by atoms with van der Waals surface area (Å²) in [5.74, 6) is 3.28. The van der Waals surface area contributed by atoms with Crippen molar-refractivity contribution in [2.45, 2.75) is 76.5 Å². The molecule has 0 aromatic rings. The van der Waals surface area contributed by atoms with Crippen LogP contribution in [0.2, 0.25) is 0 Å². The molecule has 4 unspecified atom stereocenters. The van der Waals surface area contributed by atoms with E-state index in [0.717, 1.165) is 24.4 Å². The van der Waals surface area contributed by atoms with Crippen molar-refractivity contribution in [3.8, 4) is 0 Å². The lowest BCUT2D eigenvalue weighted by atomic mass is 9.70. The molecule has 0 bridgehead atoms. The predicted molar refractivity (Wildman–Crippen MR) is 83.3 cm³/mol. The smallest absolute Gasteiger partial charge is 0.0288 e. The fourth-order valence-electron chi connectivity index (χ4n) is 4.27. The second-order valence-corrected chi connectivity index (χ2v) is 8.05. The molecule has 0 radical (unpaired) electrons. The third-order valence-electron chi connectivity index (χ3n) is 5.25. The highest BCUT2D eigenvalue weighted by atomic mass is 32.2. The van der Waals surface area contributed by atoms with Crippen molar-refractivity contribution in [1.82, 2.24) is 5.32 Å². The molecule has 2 fully saturated rings. The van der Waals surface area contributed by atoms with Crippen LogP contribution in [0.1, 0.15) is 65.7 Å². The van der Waals surface area contributed by atoms with E-state index in [-0.39, 0.29) is 0 Å². The molecule has 1 saturated carbocycles. The zero-order chi connectivity index (χ0) is 13.0. The molecule has 1 aliphatic carbocycles. The Morgan fingerprint density at radius 2 is 2.00 bits per heavy atom. The molecule has 2 aliphatic rings. The van der Waals surface area contributed by atoms with Gasteiger partial charge in [-0.1, -0.05) is 39.5 Å². The van der Waals surface area contributed by atoms with Crippen LogP contribution in [0.3, 0.4) is 0 Å². The second-order valence-electron chi connectivity index (χ2n) is 6.42. The average molecular weight is 269 g/mol. The molecule has 1 nitrogen and oxygen atoms in total. The van der Waals surface area contributed by atoms with Gasteiger partial charge in [-0.05, 0) is 50.3 Å². The number of thioether (sulfide) groups is 1. The second kappa shape index (κ2) is 6.65. The molecule has 1 heterocycles. The summed E-state index contributed by atoms with van der Waals surface area (Å²) < 4.78 is 0.505. The quantitative estimate of drug-likeness (QED) is 0.790. The summed E-state index contributed by atoms with van der Waals surface area (Å²) in [4.78, 5) is 0.